The Morgan fingerprint density at radius 2 is 2.12 bits per heavy atom. The van der Waals surface area contributed by atoms with E-state index in [1.807, 2.05) is 0 Å². The third-order valence-corrected chi connectivity index (χ3v) is 2.49. The SMILES string of the molecule is O=C(/C=C/c1c(F)cccc1Cl)c1ccco1. The standard InChI is InChI=1S/C13H8ClFO2/c14-10-3-1-4-11(15)9(10)6-7-12(16)13-5-2-8-17-13/h1-8H/b7-6+. The van der Waals surface area contributed by atoms with E-state index in [-0.39, 0.29) is 22.1 Å². The summed E-state index contributed by atoms with van der Waals surface area (Å²) in [5.74, 6) is -0.607. The number of halogens is 2. The Balaban J connectivity index is 2.24. The van der Waals surface area contributed by atoms with Gasteiger partial charge in [-0.3, -0.25) is 4.79 Å². The highest BCUT2D eigenvalue weighted by Crippen LogP contribution is 2.20. The number of allylic oxidation sites excluding steroid dienone is 1. The van der Waals surface area contributed by atoms with Crippen LogP contribution in [0.25, 0.3) is 6.08 Å². The molecule has 0 spiro atoms. The van der Waals surface area contributed by atoms with Gasteiger partial charge in [-0.25, -0.2) is 4.39 Å². The van der Waals surface area contributed by atoms with Gasteiger partial charge in [0.15, 0.2) is 5.76 Å². The van der Waals surface area contributed by atoms with Gasteiger partial charge in [-0.15, -0.1) is 0 Å². The summed E-state index contributed by atoms with van der Waals surface area (Å²) < 4.78 is 18.3. The Labute approximate surface area is 102 Å². The molecule has 0 amide bonds. The van der Waals surface area contributed by atoms with Crippen molar-refractivity contribution in [3.8, 4) is 0 Å². The molecule has 4 heteroatoms. The third-order valence-electron chi connectivity index (χ3n) is 2.17. The van der Waals surface area contributed by atoms with Crippen molar-refractivity contribution in [2.24, 2.45) is 0 Å². The van der Waals surface area contributed by atoms with E-state index >= 15 is 0 Å². The van der Waals surface area contributed by atoms with Gasteiger partial charge in [0.05, 0.1) is 11.3 Å². The van der Waals surface area contributed by atoms with Gasteiger partial charge in [-0.1, -0.05) is 17.7 Å². The van der Waals surface area contributed by atoms with Crippen LogP contribution in [0.2, 0.25) is 5.02 Å². The molecule has 0 aliphatic carbocycles. The zero-order valence-electron chi connectivity index (χ0n) is 8.69. The summed E-state index contributed by atoms with van der Waals surface area (Å²) in [6.07, 6.45) is 3.96. The molecule has 2 aromatic rings. The number of carbonyl (C=O) groups excluding carboxylic acids is 1. The minimum absolute atomic E-state index is 0.189. The molecule has 0 radical (unpaired) electrons. The van der Waals surface area contributed by atoms with Gasteiger partial charge in [-0.05, 0) is 36.4 Å². The fraction of sp³-hybridized carbons (Fsp3) is 0. The van der Waals surface area contributed by atoms with Crippen molar-refractivity contribution in [2.45, 2.75) is 0 Å². The fourth-order valence-electron chi connectivity index (χ4n) is 1.33. The summed E-state index contributed by atoms with van der Waals surface area (Å²) in [6, 6.07) is 7.49. The van der Waals surface area contributed by atoms with Crippen molar-refractivity contribution in [1.29, 1.82) is 0 Å². The summed E-state index contributed by atoms with van der Waals surface area (Å²) in [6.45, 7) is 0. The first-order valence-electron chi connectivity index (χ1n) is 4.88. The topological polar surface area (TPSA) is 30.2 Å². The van der Waals surface area contributed by atoms with Gasteiger partial charge >= 0.3 is 0 Å². The molecule has 0 N–H and O–H groups in total. The van der Waals surface area contributed by atoms with E-state index < -0.39 is 5.82 Å². The maximum absolute atomic E-state index is 13.4. The Hall–Kier alpha value is -1.87. The molecule has 2 nitrogen and oxygen atoms in total. The summed E-state index contributed by atoms with van der Waals surface area (Å²) in [5.41, 5.74) is 0.189. The van der Waals surface area contributed by atoms with E-state index in [2.05, 4.69) is 0 Å². The van der Waals surface area contributed by atoms with Gasteiger partial charge in [0, 0.05) is 5.56 Å². The van der Waals surface area contributed by atoms with Crippen LogP contribution in [-0.2, 0) is 0 Å². The zero-order valence-corrected chi connectivity index (χ0v) is 9.45. The van der Waals surface area contributed by atoms with E-state index in [4.69, 9.17) is 16.0 Å². The molecule has 1 heterocycles. The number of hydrogen-bond acceptors (Lipinski definition) is 2. The lowest BCUT2D eigenvalue weighted by atomic mass is 10.1. The van der Waals surface area contributed by atoms with Crippen molar-refractivity contribution in [3.05, 3.63) is 64.8 Å². The van der Waals surface area contributed by atoms with Gasteiger partial charge in [0.25, 0.3) is 0 Å². The van der Waals surface area contributed by atoms with Crippen molar-refractivity contribution in [3.63, 3.8) is 0 Å². The van der Waals surface area contributed by atoms with Gasteiger partial charge < -0.3 is 4.42 Å². The summed E-state index contributed by atoms with van der Waals surface area (Å²) in [4.78, 5) is 11.6. The van der Waals surface area contributed by atoms with Crippen molar-refractivity contribution >= 4 is 23.5 Å². The molecule has 1 aromatic carbocycles. The predicted molar refractivity (Wildman–Crippen MR) is 63.5 cm³/mol. The molecular formula is C13H8ClFO2. The molecule has 0 aliphatic rings. The molecule has 0 atom stereocenters. The highest BCUT2D eigenvalue weighted by molar-refractivity contribution is 6.32. The maximum atomic E-state index is 13.4. The van der Waals surface area contributed by atoms with Crippen LogP contribution in [0.3, 0.4) is 0 Å². The van der Waals surface area contributed by atoms with Crippen LogP contribution in [0, 0.1) is 5.82 Å². The van der Waals surface area contributed by atoms with Crippen molar-refractivity contribution in [2.75, 3.05) is 0 Å². The molecular weight excluding hydrogens is 243 g/mol. The minimum atomic E-state index is -0.471. The lowest BCUT2D eigenvalue weighted by molar-refractivity contribution is 0.102. The van der Waals surface area contributed by atoms with E-state index in [0.717, 1.165) is 0 Å². The molecule has 0 unspecified atom stereocenters. The molecule has 0 fully saturated rings. The Kier molecular flexibility index (Phi) is 3.40. The lowest BCUT2D eigenvalue weighted by Crippen LogP contribution is -1.91. The summed E-state index contributed by atoms with van der Waals surface area (Å²) in [7, 11) is 0. The largest absolute Gasteiger partial charge is 0.461 e. The van der Waals surface area contributed by atoms with Crippen LogP contribution in [0.1, 0.15) is 16.1 Å². The first-order chi connectivity index (χ1) is 8.18. The Bertz CT molecular complexity index is 539. The molecule has 0 bridgehead atoms. The van der Waals surface area contributed by atoms with Gasteiger partial charge in [0.1, 0.15) is 5.82 Å². The number of carbonyl (C=O) groups is 1. The molecule has 86 valence electrons. The van der Waals surface area contributed by atoms with Crippen LogP contribution < -0.4 is 0 Å². The van der Waals surface area contributed by atoms with E-state index in [1.165, 1.54) is 36.6 Å². The third kappa shape index (κ3) is 2.63. The van der Waals surface area contributed by atoms with Crippen LogP contribution >= 0.6 is 11.6 Å². The summed E-state index contributed by atoms with van der Waals surface area (Å²) >= 11 is 5.81. The molecule has 0 aliphatic heterocycles. The molecule has 1 aromatic heterocycles. The van der Waals surface area contributed by atoms with Crippen LogP contribution in [0.15, 0.2) is 47.1 Å². The number of benzene rings is 1. The molecule has 17 heavy (non-hydrogen) atoms. The van der Waals surface area contributed by atoms with E-state index in [9.17, 15) is 9.18 Å². The Morgan fingerprint density at radius 1 is 1.29 bits per heavy atom. The fourth-order valence-corrected chi connectivity index (χ4v) is 1.56. The molecule has 2 rings (SSSR count). The highest BCUT2D eigenvalue weighted by atomic mass is 35.5. The second-order valence-electron chi connectivity index (χ2n) is 3.31. The van der Waals surface area contributed by atoms with Crippen LogP contribution in [0.5, 0.6) is 0 Å². The second kappa shape index (κ2) is 4.97. The average Bonchev–Trinajstić information content (AvgIpc) is 2.81. The van der Waals surface area contributed by atoms with E-state index in [0.29, 0.717) is 0 Å². The quantitative estimate of drug-likeness (QED) is 0.609. The predicted octanol–water partition coefficient (Wildman–Crippen LogP) is 3.97. The van der Waals surface area contributed by atoms with E-state index in [1.54, 1.807) is 12.1 Å². The lowest BCUT2D eigenvalue weighted by Gasteiger charge is -1.98. The normalized spacial score (nSPS) is 10.9. The number of rotatable bonds is 3. The maximum Gasteiger partial charge on any atom is 0.221 e. The molecule has 0 saturated carbocycles. The number of hydrogen-bond donors (Lipinski definition) is 0. The van der Waals surface area contributed by atoms with Crippen LogP contribution in [0.4, 0.5) is 4.39 Å². The highest BCUT2D eigenvalue weighted by Gasteiger charge is 2.06. The van der Waals surface area contributed by atoms with Crippen LogP contribution in [-0.4, -0.2) is 5.78 Å². The number of furan rings is 1. The molecule has 0 saturated heterocycles. The first-order valence-corrected chi connectivity index (χ1v) is 5.26. The number of ketones is 1. The minimum Gasteiger partial charge on any atom is -0.461 e. The first kappa shape index (κ1) is 11.6. The van der Waals surface area contributed by atoms with Crippen molar-refractivity contribution < 1.29 is 13.6 Å². The smallest absolute Gasteiger partial charge is 0.221 e. The van der Waals surface area contributed by atoms with Gasteiger partial charge in [0.2, 0.25) is 5.78 Å². The van der Waals surface area contributed by atoms with Crippen molar-refractivity contribution in [1.82, 2.24) is 0 Å². The zero-order chi connectivity index (χ0) is 12.3. The monoisotopic (exact) mass is 250 g/mol. The van der Waals surface area contributed by atoms with Gasteiger partial charge in [-0.2, -0.15) is 0 Å². The Morgan fingerprint density at radius 3 is 2.76 bits per heavy atom. The average molecular weight is 251 g/mol. The second-order valence-corrected chi connectivity index (χ2v) is 3.72. The summed E-state index contributed by atoms with van der Waals surface area (Å²) in [5, 5.41) is 0.258.